The third-order valence-electron chi connectivity index (χ3n) is 6.91. The number of benzene rings is 4. The van der Waals surface area contributed by atoms with Crippen LogP contribution >= 0.6 is 27.5 Å². The predicted octanol–water partition coefficient (Wildman–Crippen LogP) is 6.38. The maximum atomic E-state index is 14.4. The highest BCUT2D eigenvalue weighted by Crippen LogP contribution is 2.30. The molecular weight excluding hydrogens is 650 g/mol. The van der Waals surface area contributed by atoms with Crippen LogP contribution in [0.4, 0.5) is 5.69 Å². The molecule has 43 heavy (non-hydrogen) atoms. The third kappa shape index (κ3) is 8.25. The van der Waals surface area contributed by atoms with E-state index in [0.717, 1.165) is 19.9 Å². The van der Waals surface area contributed by atoms with Crippen molar-refractivity contribution in [1.29, 1.82) is 0 Å². The number of nitrogens with zero attached hydrogens (tertiary/aromatic N) is 2. The summed E-state index contributed by atoms with van der Waals surface area (Å²) in [6.45, 7) is 3.49. The van der Waals surface area contributed by atoms with Gasteiger partial charge in [-0.05, 0) is 66.9 Å². The lowest BCUT2D eigenvalue weighted by Gasteiger charge is -2.34. The van der Waals surface area contributed by atoms with Gasteiger partial charge in [-0.3, -0.25) is 13.9 Å². The second kappa shape index (κ2) is 14.7. The van der Waals surface area contributed by atoms with Crippen LogP contribution in [0.25, 0.3) is 0 Å². The molecule has 0 aliphatic rings. The van der Waals surface area contributed by atoms with E-state index >= 15 is 0 Å². The van der Waals surface area contributed by atoms with Crippen LogP contribution in [0, 0.1) is 6.92 Å². The number of amides is 2. The van der Waals surface area contributed by atoms with E-state index in [-0.39, 0.29) is 29.5 Å². The first-order chi connectivity index (χ1) is 20.6. The van der Waals surface area contributed by atoms with Gasteiger partial charge < -0.3 is 10.2 Å². The average molecular weight is 683 g/mol. The van der Waals surface area contributed by atoms with Gasteiger partial charge in [0.2, 0.25) is 11.8 Å². The number of carbonyl (C=O) groups excluding carboxylic acids is 2. The van der Waals surface area contributed by atoms with Gasteiger partial charge in [-0.1, -0.05) is 94.3 Å². The van der Waals surface area contributed by atoms with Crippen LogP contribution in [0.2, 0.25) is 5.02 Å². The maximum Gasteiger partial charge on any atom is 0.264 e. The normalized spacial score (nSPS) is 11.9. The molecule has 10 heteroatoms. The second-order valence-corrected chi connectivity index (χ2v) is 13.2. The Morgan fingerprint density at radius 3 is 2.19 bits per heavy atom. The fourth-order valence-electron chi connectivity index (χ4n) is 4.76. The minimum atomic E-state index is -4.20. The first kappa shape index (κ1) is 32.3. The summed E-state index contributed by atoms with van der Waals surface area (Å²) in [5.74, 6) is -0.864. The van der Waals surface area contributed by atoms with Gasteiger partial charge in [-0.15, -0.1) is 0 Å². The van der Waals surface area contributed by atoms with Crippen LogP contribution in [-0.4, -0.2) is 44.3 Å². The fraction of sp³-hybridized carbons (Fsp3) is 0.212. The molecule has 1 N–H and O–H groups in total. The van der Waals surface area contributed by atoms with E-state index in [1.54, 1.807) is 37.3 Å². The van der Waals surface area contributed by atoms with Crippen molar-refractivity contribution in [2.75, 3.05) is 17.4 Å². The number of nitrogens with one attached hydrogen (secondary N) is 1. The molecule has 0 bridgehead atoms. The van der Waals surface area contributed by atoms with Crippen LogP contribution in [-0.2, 0) is 32.6 Å². The number of anilines is 1. The summed E-state index contributed by atoms with van der Waals surface area (Å²) in [4.78, 5) is 29.5. The van der Waals surface area contributed by atoms with E-state index in [0.29, 0.717) is 17.1 Å². The highest BCUT2D eigenvalue weighted by molar-refractivity contribution is 9.10. The topological polar surface area (TPSA) is 86.8 Å². The zero-order valence-electron chi connectivity index (χ0n) is 23.9. The number of rotatable bonds is 12. The Morgan fingerprint density at radius 2 is 1.53 bits per heavy atom. The molecule has 0 fully saturated rings. The Bertz CT molecular complexity index is 1670. The molecule has 0 unspecified atom stereocenters. The van der Waals surface area contributed by atoms with Gasteiger partial charge in [0.05, 0.1) is 10.6 Å². The molecular formula is C33H33BrClN3O4S. The number of sulfonamides is 1. The maximum absolute atomic E-state index is 14.4. The Morgan fingerprint density at radius 1 is 0.884 bits per heavy atom. The molecule has 4 aromatic carbocycles. The zero-order chi connectivity index (χ0) is 31.0. The van der Waals surface area contributed by atoms with E-state index in [4.69, 9.17) is 11.6 Å². The van der Waals surface area contributed by atoms with Crippen molar-refractivity contribution in [3.63, 3.8) is 0 Å². The lowest BCUT2D eigenvalue weighted by Crippen LogP contribution is -2.53. The van der Waals surface area contributed by atoms with Crippen molar-refractivity contribution in [3.05, 3.63) is 129 Å². The molecule has 2 amide bonds. The van der Waals surface area contributed by atoms with Crippen LogP contribution < -0.4 is 9.62 Å². The van der Waals surface area contributed by atoms with Crippen molar-refractivity contribution in [3.8, 4) is 0 Å². The molecule has 4 aromatic rings. The van der Waals surface area contributed by atoms with Gasteiger partial charge >= 0.3 is 0 Å². The van der Waals surface area contributed by atoms with Gasteiger partial charge in [0.15, 0.2) is 0 Å². The average Bonchev–Trinajstić information content (AvgIpc) is 3.00. The molecule has 7 nitrogen and oxygen atoms in total. The predicted molar refractivity (Wildman–Crippen MR) is 174 cm³/mol. The Labute approximate surface area is 266 Å². The van der Waals surface area contributed by atoms with E-state index in [2.05, 4.69) is 21.2 Å². The third-order valence-corrected chi connectivity index (χ3v) is 9.42. The van der Waals surface area contributed by atoms with Crippen molar-refractivity contribution in [2.24, 2.45) is 0 Å². The quantitative estimate of drug-likeness (QED) is 0.188. The molecule has 0 aliphatic heterocycles. The summed E-state index contributed by atoms with van der Waals surface area (Å²) in [6, 6.07) is 28.8. The SMILES string of the molecule is CCNC(=O)[C@@H](Cc1ccccc1)N(Cc1cccc(Br)c1)C(=O)CN(c1cc(Cl)ccc1C)S(=O)(=O)c1ccccc1. The molecule has 4 rings (SSSR count). The van der Waals surface area contributed by atoms with Crippen molar-refractivity contribution in [2.45, 2.75) is 37.8 Å². The number of carbonyl (C=O) groups is 2. The van der Waals surface area contributed by atoms with Crippen LogP contribution in [0.15, 0.2) is 112 Å². The summed E-state index contributed by atoms with van der Waals surface area (Å²) >= 11 is 9.81. The molecule has 0 aliphatic carbocycles. The number of likely N-dealkylation sites (N-methyl/N-ethyl adjacent to an activating group) is 1. The Kier molecular flexibility index (Phi) is 11.0. The highest BCUT2D eigenvalue weighted by Gasteiger charge is 2.35. The molecule has 1 atom stereocenters. The largest absolute Gasteiger partial charge is 0.355 e. The van der Waals surface area contributed by atoms with Crippen LogP contribution in [0.3, 0.4) is 0 Å². The molecule has 0 heterocycles. The molecule has 0 spiro atoms. The van der Waals surface area contributed by atoms with Crippen molar-refractivity contribution in [1.82, 2.24) is 10.2 Å². The summed E-state index contributed by atoms with van der Waals surface area (Å²) < 4.78 is 30.1. The van der Waals surface area contributed by atoms with Gasteiger partial charge in [-0.2, -0.15) is 0 Å². The van der Waals surface area contributed by atoms with Crippen molar-refractivity contribution >= 4 is 55.1 Å². The van der Waals surface area contributed by atoms with Crippen molar-refractivity contribution < 1.29 is 18.0 Å². The first-order valence-electron chi connectivity index (χ1n) is 13.8. The van der Waals surface area contributed by atoms with Crippen LogP contribution in [0.1, 0.15) is 23.6 Å². The molecule has 0 saturated carbocycles. The smallest absolute Gasteiger partial charge is 0.264 e. The monoisotopic (exact) mass is 681 g/mol. The minimum absolute atomic E-state index is 0.0327. The molecule has 0 aromatic heterocycles. The highest BCUT2D eigenvalue weighted by atomic mass is 79.9. The Balaban J connectivity index is 1.82. The summed E-state index contributed by atoms with van der Waals surface area (Å²) in [5, 5.41) is 3.19. The van der Waals surface area contributed by atoms with E-state index in [1.807, 2.05) is 61.5 Å². The number of hydrogen-bond donors (Lipinski definition) is 1. The van der Waals surface area contributed by atoms with E-state index in [9.17, 15) is 18.0 Å². The van der Waals surface area contributed by atoms with E-state index < -0.39 is 28.5 Å². The number of hydrogen-bond acceptors (Lipinski definition) is 4. The minimum Gasteiger partial charge on any atom is -0.355 e. The standard InChI is InChI=1S/C33H33BrClN3O4S/c1-3-36-33(40)31(20-25-11-6-4-7-12-25)37(22-26-13-10-14-27(34)19-26)32(39)23-38(30-21-28(35)18-17-24(30)2)43(41,42)29-15-8-5-9-16-29/h4-19,21,31H,3,20,22-23H2,1-2H3,(H,36,40)/t31-/m1/s1. The fourth-order valence-corrected chi connectivity index (χ4v) is 6.87. The summed E-state index contributed by atoms with van der Waals surface area (Å²) in [5.41, 5.74) is 2.55. The van der Waals surface area contributed by atoms with Gasteiger partial charge in [0.1, 0.15) is 12.6 Å². The van der Waals surface area contributed by atoms with Crippen LogP contribution in [0.5, 0.6) is 0 Å². The Hall–Kier alpha value is -3.66. The molecule has 0 radical (unpaired) electrons. The molecule has 224 valence electrons. The van der Waals surface area contributed by atoms with Gasteiger partial charge in [0.25, 0.3) is 10.0 Å². The number of aryl methyl sites for hydroxylation is 1. The number of halogens is 2. The lowest BCUT2D eigenvalue weighted by atomic mass is 10.0. The lowest BCUT2D eigenvalue weighted by molar-refractivity contribution is -0.140. The van der Waals surface area contributed by atoms with Gasteiger partial charge in [-0.25, -0.2) is 8.42 Å². The second-order valence-electron chi connectivity index (χ2n) is 10.0. The summed E-state index contributed by atoms with van der Waals surface area (Å²) in [6.07, 6.45) is 0.244. The first-order valence-corrected chi connectivity index (χ1v) is 16.4. The van der Waals surface area contributed by atoms with E-state index in [1.165, 1.54) is 23.1 Å². The molecule has 0 saturated heterocycles. The van der Waals surface area contributed by atoms with Gasteiger partial charge in [0, 0.05) is 29.0 Å². The zero-order valence-corrected chi connectivity index (χ0v) is 27.1. The summed E-state index contributed by atoms with van der Waals surface area (Å²) in [7, 11) is -4.20.